The third kappa shape index (κ3) is 2.04. The van der Waals surface area contributed by atoms with E-state index in [2.05, 4.69) is 20.3 Å². The quantitative estimate of drug-likeness (QED) is 0.494. The van der Waals surface area contributed by atoms with Crippen LogP contribution in [0, 0.1) is 0 Å². The lowest BCUT2D eigenvalue weighted by atomic mass is 10.7. The Kier molecular flexibility index (Phi) is 2.04. The summed E-state index contributed by atoms with van der Waals surface area (Å²) in [5.74, 6) is -0.273. The molecular weight excluding hydrogens is 160 g/mol. The number of nitrogens with one attached hydrogen (secondary N) is 1. The lowest BCUT2D eigenvalue weighted by molar-refractivity contribution is -0.114. The van der Waals surface area contributed by atoms with Crippen LogP contribution in [0.5, 0.6) is 0 Å². The van der Waals surface area contributed by atoms with E-state index in [1.807, 2.05) is 0 Å². The van der Waals surface area contributed by atoms with Crippen LogP contribution in [-0.4, -0.2) is 20.9 Å². The van der Waals surface area contributed by atoms with Gasteiger partial charge < -0.3 is 11.5 Å². The van der Waals surface area contributed by atoms with Crippen molar-refractivity contribution in [3.63, 3.8) is 0 Å². The molecule has 0 atom stereocenters. The van der Waals surface area contributed by atoms with Gasteiger partial charge in [0.05, 0.1) is 0 Å². The van der Waals surface area contributed by atoms with Crippen LogP contribution in [0.4, 0.5) is 17.8 Å². The van der Waals surface area contributed by atoms with Gasteiger partial charge in [0.2, 0.25) is 23.8 Å². The Labute approximate surface area is 68.2 Å². The molecule has 0 aliphatic heterocycles. The van der Waals surface area contributed by atoms with E-state index < -0.39 is 0 Å². The van der Waals surface area contributed by atoms with E-state index in [-0.39, 0.29) is 23.8 Å². The highest BCUT2D eigenvalue weighted by Gasteiger charge is 2.01. The van der Waals surface area contributed by atoms with E-state index in [0.717, 1.165) is 0 Å². The SMILES string of the molecule is CC(=O)Nc1nc(N)nc(N)n1. The summed E-state index contributed by atoms with van der Waals surface area (Å²) in [7, 11) is 0. The first-order valence-electron chi connectivity index (χ1n) is 3.12. The van der Waals surface area contributed by atoms with Crippen LogP contribution < -0.4 is 16.8 Å². The van der Waals surface area contributed by atoms with Gasteiger partial charge in [0, 0.05) is 6.92 Å². The zero-order valence-corrected chi connectivity index (χ0v) is 6.40. The molecule has 1 heterocycles. The molecule has 1 aromatic heterocycles. The van der Waals surface area contributed by atoms with Crippen molar-refractivity contribution < 1.29 is 4.79 Å². The van der Waals surface area contributed by atoms with Crippen molar-refractivity contribution in [2.75, 3.05) is 16.8 Å². The van der Waals surface area contributed by atoms with Crippen LogP contribution >= 0.6 is 0 Å². The van der Waals surface area contributed by atoms with Gasteiger partial charge in [0.25, 0.3) is 0 Å². The van der Waals surface area contributed by atoms with Gasteiger partial charge >= 0.3 is 0 Å². The number of carbonyl (C=O) groups excluding carboxylic acids is 1. The molecule has 7 nitrogen and oxygen atoms in total. The van der Waals surface area contributed by atoms with Crippen LogP contribution in [-0.2, 0) is 4.79 Å². The van der Waals surface area contributed by atoms with Gasteiger partial charge in [0.1, 0.15) is 0 Å². The van der Waals surface area contributed by atoms with Crippen molar-refractivity contribution in [2.45, 2.75) is 6.92 Å². The highest BCUT2D eigenvalue weighted by Crippen LogP contribution is 2.02. The first-order valence-corrected chi connectivity index (χ1v) is 3.12. The Bertz CT molecular complexity index is 291. The summed E-state index contributed by atoms with van der Waals surface area (Å²) in [6.45, 7) is 1.33. The molecule has 0 aliphatic rings. The van der Waals surface area contributed by atoms with E-state index >= 15 is 0 Å². The summed E-state index contributed by atoms with van der Waals surface area (Å²) < 4.78 is 0. The molecule has 0 unspecified atom stereocenters. The maximum Gasteiger partial charge on any atom is 0.236 e. The molecule has 0 bridgehead atoms. The zero-order chi connectivity index (χ0) is 9.14. The summed E-state index contributed by atoms with van der Waals surface area (Å²) in [5.41, 5.74) is 10.5. The average Bonchev–Trinajstić information content (AvgIpc) is 1.81. The van der Waals surface area contributed by atoms with Crippen LogP contribution in [0.3, 0.4) is 0 Å². The number of anilines is 3. The maximum atomic E-state index is 10.5. The van der Waals surface area contributed by atoms with Crippen molar-refractivity contribution in [1.82, 2.24) is 15.0 Å². The lowest BCUT2D eigenvalue weighted by Crippen LogP contribution is -2.12. The lowest BCUT2D eigenvalue weighted by Gasteiger charge is -2.00. The van der Waals surface area contributed by atoms with Crippen molar-refractivity contribution in [2.24, 2.45) is 0 Å². The number of hydrogen-bond acceptors (Lipinski definition) is 6. The average molecular weight is 168 g/mol. The van der Waals surface area contributed by atoms with E-state index in [1.165, 1.54) is 6.92 Å². The number of aromatic nitrogens is 3. The molecule has 7 heteroatoms. The second-order valence-electron chi connectivity index (χ2n) is 2.06. The topological polar surface area (TPSA) is 120 Å². The minimum Gasteiger partial charge on any atom is -0.368 e. The molecule has 0 saturated carbocycles. The number of nitrogens with zero attached hydrogens (tertiary/aromatic N) is 3. The highest BCUT2D eigenvalue weighted by molar-refractivity contribution is 5.86. The number of nitrogen functional groups attached to an aromatic ring is 2. The molecule has 1 amide bonds. The number of hydrogen-bond donors (Lipinski definition) is 3. The fraction of sp³-hybridized carbons (Fsp3) is 0.200. The fourth-order valence-electron chi connectivity index (χ4n) is 0.623. The van der Waals surface area contributed by atoms with Gasteiger partial charge in [-0.05, 0) is 0 Å². The van der Waals surface area contributed by atoms with Gasteiger partial charge in [-0.1, -0.05) is 0 Å². The van der Waals surface area contributed by atoms with Gasteiger partial charge in [-0.2, -0.15) is 15.0 Å². The van der Waals surface area contributed by atoms with E-state index in [9.17, 15) is 4.79 Å². The summed E-state index contributed by atoms with van der Waals surface area (Å²) in [5, 5.41) is 2.33. The predicted octanol–water partition coefficient (Wildman–Crippen LogP) is -1.01. The Morgan fingerprint density at radius 3 is 2.17 bits per heavy atom. The Morgan fingerprint density at radius 2 is 1.75 bits per heavy atom. The van der Waals surface area contributed by atoms with E-state index in [1.54, 1.807) is 0 Å². The summed E-state index contributed by atoms with van der Waals surface area (Å²) in [6.07, 6.45) is 0. The van der Waals surface area contributed by atoms with Crippen LogP contribution in [0.15, 0.2) is 0 Å². The van der Waals surface area contributed by atoms with Gasteiger partial charge in [0.15, 0.2) is 0 Å². The predicted molar refractivity (Wildman–Crippen MR) is 43.0 cm³/mol. The molecule has 1 aromatic rings. The van der Waals surface area contributed by atoms with Gasteiger partial charge in [-0.3, -0.25) is 10.1 Å². The number of carbonyl (C=O) groups is 1. The van der Waals surface area contributed by atoms with Gasteiger partial charge in [-0.15, -0.1) is 0 Å². The molecular formula is C5H8N6O. The third-order valence-corrected chi connectivity index (χ3v) is 0.958. The minimum atomic E-state index is -0.292. The van der Waals surface area contributed by atoms with Crippen LogP contribution in [0.25, 0.3) is 0 Å². The summed E-state index contributed by atoms with van der Waals surface area (Å²) in [4.78, 5) is 21.3. The Hall–Kier alpha value is -1.92. The van der Waals surface area contributed by atoms with Gasteiger partial charge in [-0.25, -0.2) is 0 Å². The molecule has 0 saturated heterocycles. The zero-order valence-electron chi connectivity index (χ0n) is 6.40. The molecule has 64 valence electrons. The first kappa shape index (κ1) is 8.18. The molecule has 0 aliphatic carbocycles. The van der Waals surface area contributed by atoms with Crippen molar-refractivity contribution in [1.29, 1.82) is 0 Å². The third-order valence-electron chi connectivity index (χ3n) is 0.958. The van der Waals surface area contributed by atoms with E-state index in [0.29, 0.717) is 0 Å². The molecule has 5 N–H and O–H groups in total. The second kappa shape index (κ2) is 2.99. The summed E-state index contributed by atoms with van der Waals surface area (Å²) in [6, 6.07) is 0. The van der Waals surface area contributed by atoms with Crippen LogP contribution in [0.1, 0.15) is 6.92 Å². The van der Waals surface area contributed by atoms with Crippen molar-refractivity contribution in [3.05, 3.63) is 0 Å². The van der Waals surface area contributed by atoms with Crippen LogP contribution in [0.2, 0.25) is 0 Å². The van der Waals surface area contributed by atoms with Crippen molar-refractivity contribution >= 4 is 23.8 Å². The maximum absolute atomic E-state index is 10.5. The molecule has 0 spiro atoms. The Morgan fingerprint density at radius 1 is 1.25 bits per heavy atom. The second-order valence-corrected chi connectivity index (χ2v) is 2.06. The number of rotatable bonds is 1. The fourth-order valence-corrected chi connectivity index (χ4v) is 0.623. The smallest absolute Gasteiger partial charge is 0.236 e. The molecule has 12 heavy (non-hydrogen) atoms. The first-order chi connectivity index (χ1) is 5.58. The molecule has 0 fully saturated rings. The largest absolute Gasteiger partial charge is 0.368 e. The monoisotopic (exact) mass is 168 g/mol. The molecule has 0 radical (unpaired) electrons. The van der Waals surface area contributed by atoms with E-state index in [4.69, 9.17) is 11.5 Å². The minimum absolute atomic E-state index is 0.0220. The standard InChI is InChI=1S/C5H8N6O/c1-2(12)8-5-10-3(6)9-4(7)11-5/h1H3,(H5,6,7,8,9,10,11,12). The summed E-state index contributed by atoms with van der Waals surface area (Å²) >= 11 is 0. The molecule has 0 aromatic carbocycles. The molecule has 1 rings (SSSR count). The normalized spacial score (nSPS) is 9.42. The number of amides is 1. The van der Waals surface area contributed by atoms with Crippen molar-refractivity contribution in [3.8, 4) is 0 Å². The highest BCUT2D eigenvalue weighted by atomic mass is 16.1. The number of nitrogens with two attached hydrogens (primary N) is 2. The Balaban J connectivity index is 2.93.